The Balaban J connectivity index is 1.91. The number of para-hydroxylation sites is 1. The molecule has 0 radical (unpaired) electrons. The molecule has 3 aromatic rings. The number of methoxy groups -OCH3 is 1. The van der Waals surface area contributed by atoms with Gasteiger partial charge in [-0.2, -0.15) is 5.10 Å². The highest BCUT2D eigenvalue weighted by molar-refractivity contribution is 7.16. The van der Waals surface area contributed by atoms with Crippen LogP contribution >= 0.6 is 11.3 Å². The summed E-state index contributed by atoms with van der Waals surface area (Å²) < 4.78 is 6.44. The number of nitrogens with zero attached hydrogens (tertiary/aromatic N) is 3. The van der Waals surface area contributed by atoms with Gasteiger partial charge >= 0.3 is 5.97 Å². The van der Waals surface area contributed by atoms with Gasteiger partial charge in [-0.3, -0.25) is 0 Å². The van der Waals surface area contributed by atoms with Gasteiger partial charge < -0.3 is 4.74 Å². The van der Waals surface area contributed by atoms with Crippen molar-refractivity contribution in [2.45, 2.75) is 0 Å². The monoisotopic (exact) mass is 285 g/mol. The summed E-state index contributed by atoms with van der Waals surface area (Å²) in [5, 5.41) is 5.05. The molecule has 0 amide bonds. The van der Waals surface area contributed by atoms with E-state index in [0.717, 1.165) is 16.3 Å². The Bertz CT molecular complexity index is 734. The molecular formula is C14H11N3O2S. The van der Waals surface area contributed by atoms with Crippen LogP contribution in [0.25, 0.3) is 16.3 Å². The van der Waals surface area contributed by atoms with Crippen LogP contribution in [0, 0.1) is 0 Å². The lowest BCUT2D eigenvalue weighted by Gasteiger charge is -1.98. The fourth-order valence-electron chi connectivity index (χ4n) is 1.76. The predicted molar refractivity (Wildman–Crippen MR) is 76.0 cm³/mol. The quantitative estimate of drug-likeness (QED) is 0.694. The number of rotatable bonds is 3. The van der Waals surface area contributed by atoms with Crippen molar-refractivity contribution in [2.75, 3.05) is 7.11 Å². The number of esters is 1. The average molecular weight is 285 g/mol. The van der Waals surface area contributed by atoms with Crippen LogP contribution in [0.15, 0.2) is 48.9 Å². The molecule has 0 spiro atoms. The van der Waals surface area contributed by atoms with Gasteiger partial charge in [-0.05, 0) is 12.1 Å². The molecule has 100 valence electrons. The van der Waals surface area contributed by atoms with Crippen molar-refractivity contribution < 1.29 is 9.53 Å². The lowest BCUT2D eigenvalue weighted by Crippen LogP contribution is -1.96. The van der Waals surface area contributed by atoms with Crippen LogP contribution < -0.4 is 0 Å². The van der Waals surface area contributed by atoms with Crippen molar-refractivity contribution in [3.63, 3.8) is 0 Å². The van der Waals surface area contributed by atoms with Gasteiger partial charge in [-0.1, -0.05) is 18.2 Å². The number of carbonyl (C=O) groups is 1. The van der Waals surface area contributed by atoms with Crippen LogP contribution in [-0.4, -0.2) is 27.8 Å². The van der Waals surface area contributed by atoms with Gasteiger partial charge in [-0.15, -0.1) is 11.3 Å². The zero-order valence-corrected chi connectivity index (χ0v) is 11.5. The summed E-state index contributed by atoms with van der Waals surface area (Å²) in [5.74, 6) is -0.371. The Hall–Kier alpha value is -2.47. The largest absolute Gasteiger partial charge is 0.465 e. The van der Waals surface area contributed by atoms with Crippen LogP contribution in [0.4, 0.5) is 0 Å². The molecule has 2 aromatic heterocycles. The van der Waals surface area contributed by atoms with E-state index < -0.39 is 0 Å². The Morgan fingerprint density at radius 1 is 1.25 bits per heavy atom. The first kappa shape index (κ1) is 12.6. The topological polar surface area (TPSA) is 57.0 Å². The summed E-state index contributed by atoms with van der Waals surface area (Å²) in [7, 11) is 1.36. The van der Waals surface area contributed by atoms with Gasteiger partial charge in [0.15, 0.2) is 0 Å². The third-order valence-corrected chi connectivity index (χ3v) is 3.77. The SMILES string of the molecule is COC(=O)c1cnc(-c2cnn(-c3ccccc3)c2)s1. The van der Waals surface area contributed by atoms with E-state index in [0.29, 0.717) is 4.88 Å². The molecule has 0 N–H and O–H groups in total. The van der Waals surface area contributed by atoms with Crippen LogP contribution in [0.1, 0.15) is 9.67 Å². The molecule has 2 heterocycles. The van der Waals surface area contributed by atoms with Crippen molar-refractivity contribution in [1.82, 2.24) is 14.8 Å². The molecule has 5 nitrogen and oxygen atoms in total. The van der Waals surface area contributed by atoms with Crippen LogP contribution in [0.3, 0.4) is 0 Å². The molecule has 0 saturated heterocycles. The lowest BCUT2D eigenvalue weighted by molar-refractivity contribution is 0.0606. The van der Waals surface area contributed by atoms with Gasteiger partial charge in [0.1, 0.15) is 9.88 Å². The van der Waals surface area contributed by atoms with Crippen LogP contribution in [0.2, 0.25) is 0 Å². The van der Waals surface area contributed by atoms with Crippen LogP contribution in [-0.2, 0) is 4.74 Å². The minimum absolute atomic E-state index is 0.371. The minimum atomic E-state index is -0.371. The Kier molecular flexibility index (Phi) is 3.30. The Labute approximate surface area is 119 Å². The predicted octanol–water partition coefficient (Wildman–Crippen LogP) is 2.78. The van der Waals surface area contributed by atoms with E-state index in [-0.39, 0.29) is 5.97 Å². The first-order chi connectivity index (χ1) is 9.78. The lowest BCUT2D eigenvalue weighted by atomic mass is 10.3. The van der Waals surface area contributed by atoms with E-state index in [2.05, 4.69) is 14.8 Å². The van der Waals surface area contributed by atoms with Crippen molar-refractivity contribution in [2.24, 2.45) is 0 Å². The summed E-state index contributed by atoms with van der Waals surface area (Å²) in [5.41, 5.74) is 1.84. The molecule has 6 heteroatoms. The molecule has 0 fully saturated rings. The summed E-state index contributed by atoms with van der Waals surface area (Å²) in [4.78, 5) is 16.1. The number of ether oxygens (including phenoxy) is 1. The van der Waals surface area contributed by atoms with E-state index >= 15 is 0 Å². The molecule has 0 atom stereocenters. The third-order valence-electron chi connectivity index (χ3n) is 2.74. The van der Waals surface area contributed by atoms with E-state index in [9.17, 15) is 4.79 Å². The molecule has 3 rings (SSSR count). The molecule has 0 aliphatic rings. The fraction of sp³-hybridized carbons (Fsp3) is 0.0714. The summed E-state index contributed by atoms with van der Waals surface area (Å²) in [6.07, 6.45) is 5.13. The maximum Gasteiger partial charge on any atom is 0.349 e. The first-order valence-corrected chi connectivity index (χ1v) is 6.74. The fourth-order valence-corrected chi connectivity index (χ4v) is 2.57. The molecule has 1 aromatic carbocycles. The highest BCUT2D eigenvalue weighted by Crippen LogP contribution is 2.25. The van der Waals surface area contributed by atoms with E-state index in [1.165, 1.54) is 24.6 Å². The molecule has 0 saturated carbocycles. The number of thiazole rings is 1. The van der Waals surface area contributed by atoms with Gasteiger partial charge in [0.2, 0.25) is 0 Å². The average Bonchev–Trinajstić information content (AvgIpc) is 3.16. The smallest absolute Gasteiger partial charge is 0.349 e. The molecular weight excluding hydrogens is 274 g/mol. The summed E-state index contributed by atoms with van der Waals surface area (Å²) in [6, 6.07) is 9.80. The normalized spacial score (nSPS) is 10.4. The molecule has 20 heavy (non-hydrogen) atoms. The zero-order valence-electron chi connectivity index (χ0n) is 10.7. The number of hydrogen-bond donors (Lipinski definition) is 0. The second-order valence-electron chi connectivity index (χ2n) is 4.03. The second-order valence-corrected chi connectivity index (χ2v) is 5.06. The van der Waals surface area contributed by atoms with Gasteiger partial charge in [0, 0.05) is 11.8 Å². The highest BCUT2D eigenvalue weighted by atomic mass is 32.1. The van der Waals surface area contributed by atoms with Gasteiger partial charge in [-0.25, -0.2) is 14.5 Å². The molecule has 0 bridgehead atoms. The van der Waals surface area contributed by atoms with Crippen LogP contribution in [0.5, 0.6) is 0 Å². The van der Waals surface area contributed by atoms with Crippen molar-refractivity contribution in [3.05, 3.63) is 53.8 Å². The van der Waals surface area contributed by atoms with Gasteiger partial charge in [0.25, 0.3) is 0 Å². The number of hydrogen-bond acceptors (Lipinski definition) is 5. The highest BCUT2D eigenvalue weighted by Gasteiger charge is 2.13. The summed E-state index contributed by atoms with van der Waals surface area (Å²) in [6.45, 7) is 0. The Morgan fingerprint density at radius 3 is 2.80 bits per heavy atom. The summed E-state index contributed by atoms with van der Waals surface area (Å²) >= 11 is 1.29. The van der Waals surface area contributed by atoms with Crippen molar-refractivity contribution >= 4 is 17.3 Å². The Morgan fingerprint density at radius 2 is 2.05 bits per heavy atom. The molecule has 0 aliphatic heterocycles. The molecule has 0 unspecified atom stereocenters. The van der Waals surface area contributed by atoms with Crippen molar-refractivity contribution in [1.29, 1.82) is 0 Å². The zero-order chi connectivity index (χ0) is 13.9. The second kappa shape index (κ2) is 5.26. The van der Waals surface area contributed by atoms with E-state index in [4.69, 9.17) is 0 Å². The standard InChI is InChI=1S/C14H11N3O2S/c1-19-14(18)12-8-15-13(20-12)10-7-16-17(9-10)11-5-3-2-4-6-11/h2-9H,1H3. The number of carbonyl (C=O) groups excluding carboxylic acids is 1. The maximum atomic E-state index is 11.4. The first-order valence-electron chi connectivity index (χ1n) is 5.92. The molecule has 0 aliphatic carbocycles. The van der Waals surface area contributed by atoms with Crippen molar-refractivity contribution in [3.8, 4) is 16.3 Å². The minimum Gasteiger partial charge on any atom is -0.465 e. The van der Waals surface area contributed by atoms with Gasteiger partial charge in [0.05, 0.1) is 25.2 Å². The maximum absolute atomic E-state index is 11.4. The van der Waals surface area contributed by atoms with E-state index in [1.807, 2.05) is 36.5 Å². The van der Waals surface area contributed by atoms with E-state index in [1.54, 1.807) is 10.9 Å². The number of benzene rings is 1. The third kappa shape index (κ3) is 2.33. The number of aromatic nitrogens is 3.